The number of halogens is 1. The zero-order chi connectivity index (χ0) is 16.9. The van der Waals surface area contributed by atoms with Crippen molar-refractivity contribution in [2.45, 2.75) is 44.6 Å². The average molecular weight is 447 g/mol. The largest absolute Gasteiger partial charge is 0.497 e. The van der Waals surface area contributed by atoms with Gasteiger partial charge in [0.1, 0.15) is 5.75 Å². The lowest BCUT2D eigenvalue weighted by Gasteiger charge is -2.36. The molecule has 0 aromatic heterocycles. The summed E-state index contributed by atoms with van der Waals surface area (Å²) >= 11 is 0. The lowest BCUT2D eigenvalue weighted by Crippen LogP contribution is -2.46. The van der Waals surface area contributed by atoms with Crippen LogP contribution in [0.4, 0.5) is 0 Å². The zero-order valence-corrected chi connectivity index (χ0v) is 17.4. The van der Waals surface area contributed by atoms with Gasteiger partial charge in [-0.3, -0.25) is 4.99 Å². The standard InChI is InChI=1S/C18H29N3O2.HI/c1-17(2,3)21-16(19)20-13-18(9-11-23-12-10-18)14-5-7-15(22-4)8-6-14;/h5-8H,9-13H2,1-4H3,(H3,19,20,21);1H. The van der Waals surface area contributed by atoms with E-state index in [0.717, 1.165) is 31.8 Å². The minimum atomic E-state index is -0.0868. The summed E-state index contributed by atoms with van der Waals surface area (Å²) in [5.41, 5.74) is 7.21. The minimum Gasteiger partial charge on any atom is -0.497 e. The van der Waals surface area contributed by atoms with Gasteiger partial charge in [0.15, 0.2) is 5.96 Å². The normalized spacial score (nSPS) is 17.8. The summed E-state index contributed by atoms with van der Waals surface area (Å²) in [6.07, 6.45) is 1.90. The maximum absolute atomic E-state index is 6.05. The molecule has 0 spiro atoms. The quantitative estimate of drug-likeness (QED) is 0.423. The fourth-order valence-electron chi connectivity index (χ4n) is 2.91. The smallest absolute Gasteiger partial charge is 0.189 e. The highest BCUT2D eigenvalue weighted by Gasteiger charge is 2.34. The Kier molecular flexibility index (Phi) is 7.79. The Morgan fingerprint density at radius 2 is 1.83 bits per heavy atom. The SMILES string of the molecule is COc1ccc(C2(CN=C(N)NC(C)(C)C)CCOCC2)cc1.I. The molecule has 2 rings (SSSR count). The second-order valence-corrected chi connectivity index (χ2v) is 7.20. The predicted molar refractivity (Wildman–Crippen MR) is 110 cm³/mol. The second kappa shape index (κ2) is 8.89. The summed E-state index contributed by atoms with van der Waals surface area (Å²) in [7, 11) is 1.68. The maximum atomic E-state index is 6.05. The lowest BCUT2D eigenvalue weighted by atomic mass is 9.74. The number of nitrogens with zero attached hydrogens (tertiary/aromatic N) is 1. The fraction of sp³-hybridized carbons (Fsp3) is 0.611. The molecule has 0 unspecified atom stereocenters. The zero-order valence-electron chi connectivity index (χ0n) is 15.1. The molecule has 0 atom stereocenters. The van der Waals surface area contributed by atoms with Crippen molar-refractivity contribution >= 4 is 29.9 Å². The molecule has 5 nitrogen and oxygen atoms in total. The number of hydrogen-bond acceptors (Lipinski definition) is 3. The van der Waals surface area contributed by atoms with E-state index in [9.17, 15) is 0 Å². The van der Waals surface area contributed by atoms with Crippen LogP contribution in [0.2, 0.25) is 0 Å². The summed E-state index contributed by atoms with van der Waals surface area (Å²) < 4.78 is 10.8. The van der Waals surface area contributed by atoms with Gasteiger partial charge in [-0.25, -0.2) is 0 Å². The number of benzene rings is 1. The molecule has 1 fully saturated rings. The molecule has 6 heteroatoms. The van der Waals surface area contributed by atoms with Crippen LogP contribution in [0.25, 0.3) is 0 Å². The summed E-state index contributed by atoms with van der Waals surface area (Å²) in [5, 5.41) is 3.22. The van der Waals surface area contributed by atoms with Crippen molar-refractivity contribution in [3.63, 3.8) is 0 Å². The molecule has 1 aliphatic rings. The van der Waals surface area contributed by atoms with Crippen LogP contribution in [0.5, 0.6) is 5.75 Å². The van der Waals surface area contributed by atoms with E-state index in [1.165, 1.54) is 5.56 Å². The first kappa shape index (κ1) is 21.0. The van der Waals surface area contributed by atoms with Gasteiger partial charge >= 0.3 is 0 Å². The Labute approximate surface area is 162 Å². The van der Waals surface area contributed by atoms with E-state index in [2.05, 4.69) is 43.2 Å². The van der Waals surface area contributed by atoms with Crippen molar-refractivity contribution in [3.8, 4) is 5.75 Å². The van der Waals surface area contributed by atoms with Gasteiger partial charge in [-0.1, -0.05) is 12.1 Å². The number of aliphatic imine (C=N–C) groups is 1. The number of hydrogen-bond donors (Lipinski definition) is 2. The number of rotatable bonds is 4. The Morgan fingerprint density at radius 1 is 1.25 bits per heavy atom. The minimum absolute atomic E-state index is 0. The number of nitrogens with two attached hydrogens (primary N) is 1. The highest BCUT2D eigenvalue weighted by Crippen LogP contribution is 2.36. The molecule has 1 aromatic carbocycles. The number of methoxy groups -OCH3 is 1. The summed E-state index contributed by atoms with van der Waals surface area (Å²) in [6.45, 7) is 8.40. The van der Waals surface area contributed by atoms with Crippen molar-refractivity contribution in [2.24, 2.45) is 10.7 Å². The van der Waals surface area contributed by atoms with Gasteiger partial charge in [-0.05, 0) is 51.3 Å². The molecular weight excluding hydrogens is 417 g/mol. The Balaban J connectivity index is 0.00000288. The molecule has 1 aliphatic heterocycles. The molecule has 0 saturated carbocycles. The molecule has 24 heavy (non-hydrogen) atoms. The van der Waals surface area contributed by atoms with Gasteiger partial charge in [-0.2, -0.15) is 0 Å². The van der Waals surface area contributed by atoms with Gasteiger partial charge in [0.2, 0.25) is 0 Å². The van der Waals surface area contributed by atoms with Crippen molar-refractivity contribution in [1.29, 1.82) is 0 Å². The van der Waals surface area contributed by atoms with Gasteiger partial charge in [0.05, 0.1) is 13.7 Å². The Hall–Kier alpha value is -1.02. The first-order chi connectivity index (χ1) is 10.8. The highest BCUT2D eigenvalue weighted by molar-refractivity contribution is 14.0. The molecule has 1 aromatic rings. The Bertz CT molecular complexity index is 532. The molecule has 136 valence electrons. The van der Waals surface area contributed by atoms with Crippen LogP contribution in [0.15, 0.2) is 29.3 Å². The number of ether oxygens (including phenoxy) is 2. The average Bonchev–Trinajstić information content (AvgIpc) is 2.52. The van der Waals surface area contributed by atoms with Crippen LogP contribution in [-0.4, -0.2) is 38.4 Å². The first-order valence-corrected chi connectivity index (χ1v) is 8.15. The van der Waals surface area contributed by atoms with Crippen molar-refractivity contribution < 1.29 is 9.47 Å². The van der Waals surface area contributed by atoms with Gasteiger partial charge < -0.3 is 20.5 Å². The van der Waals surface area contributed by atoms with Gasteiger partial charge in [-0.15, -0.1) is 24.0 Å². The van der Waals surface area contributed by atoms with Crippen molar-refractivity contribution in [3.05, 3.63) is 29.8 Å². The summed E-state index contributed by atoms with van der Waals surface area (Å²) in [6, 6.07) is 8.28. The van der Waals surface area contributed by atoms with Crippen LogP contribution in [0.1, 0.15) is 39.2 Å². The Morgan fingerprint density at radius 3 is 2.33 bits per heavy atom. The van der Waals surface area contributed by atoms with Crippen molar-refractivity contribution in [2.75, 3.05) is 26.9 Å². The van der Waals surface area contributed by atoms with E-state index in [1.807, 2.05) is 12.1 Å². The number of nitrogens with one attached hydrogen (secondary N) is 1. The fourth-order valence-corrected chi connectivity index (χ4v) is 2.91. The lowest BCUT2D eigenvalue weighted by molar-refractivity contribution is 0.0531. The molecule has 1 heterocycles. The monoisotopic (exact) mass is 447 g/mol. The van der Waals surface area contributed by atoms with Crippen LogP contribution >= 0.6 is 24.0 Å². The molecule has 0 radical (unpaired) electrons. The van der Waals surface area contributed by atoms with E-state index in [-0.39, 0.29) is 34.9 Å². The third kappa shape index (κ3) is 5.81. The third-order valence-electron chi connectivity index (χ3n) is 4.21. The van der Waals surface area contributed by atoms with E-state index >= 15 is 0 Å². The third-order valence-corrected chi connectivity index (χ3v) is 4.21. The summed E-state index contributed by atoms with van der Waals surface area (Å²) in [4.78, 5) is 4.62. The van der Waals surface area contributed by atoms with E-state index in [4.69, 9.17) is 15.2 Å². The first-order valence-electron chi connectivity index (χ1n) is 8.15. The molecule has 0 bridgehead atoms. The van der Waals surface area contributed by atoms with Crippen LogP contribution in [-0.2, 0) is 10.2 Å². The van der Waals surface area contributed by atoms with Crippen LogP contribution < -0.4 is 15.8 Å². The van der Waals surface area contributed by atoms with Gasteiger partial charge in [0.25, 0.3) is 0 Å². The topological polar surface area (TPSA) is 68.9 Å². The second-order valence-electron chi connectivity index (χ2n) is 7.20. The van der Waals surface area contributed by atoms with Crippen molar-refractivity contribution in [1.82, 2.24) is 5.32 Å². The molecule has 3 N–H and O–H groups in total. The number of guanidine groups is 1. The van der Waals surface area contributed by atoms with Crippen LogP contribution in [0, 0.1) is 0 Å². The van der Waals surface area contributed by atoms with E-state index in [1.54, 1.807) is 7.11 Å². The predicted octanol–water partition coefficient (Wildman–Crippen LogP) is 3.06. The molecule has 0 amide bonds. The molecular formula is C18H30IN3O2. The van der Waals surface area contributed by atoms with Crippen LogP contribution in [0.3, 0.4) is 0 Å². The van der Waals surface area contributed by atoms with Gasteiger partial charge in [0, 0.05) is 24.2 Å². The summed E-state index contributed by atoms with van der Waals surface area (Å²) in [5.74, 6) is 1.37. The van der Waals surface area contributed by atoms with E-state index < -0.39 is 0 Å². The highest BCUT2D eigenvalue weighted by atomic mass is 127. The maximum Gasteiger partial charge on any atom is 0.189 e. The van der Waals surface area contributed by atoms with E-state index in [0.29, 0.717) is 12.5 Å². The molecule has 1 saturated heterocycles. The molecule has 0 aliphatic carbocycles.